The third-order valence-electron chi connectivity index (χ3n) is 5.72. The van der Waals surface area contributed by atoms with Gasteiger partial charge in [-0.1, -0.05) is 25.0 Å². The molecule has 1 fully saturated rings. The number of carbonyl (C=O) groups is 1. The van der Waals surface area contributed by atoms with Crippen molar-refractivity contribution in [3.63, 3.8) is 0 Å². The van der Waals surface area contributed by atoms with Crippen LogP contribution in [0, 0.1) is 0 Å². The maximum Gasteiger partial charge on any atom is 0.231 e. The Morgan fingerprint density at radius 3 is 2.53 bits per heavy atom. The first kappa shape index (κ1) is 20.3. The molecule has 0 radical (unpaired) electrons. The van der Waals surface area contributed by atoms with E-state index in [0.717, 1.165) is 25.9 Å². The number of phenolic OH excluding ortho intramolecular Hbond substituents is 1. The highest BCUT2D eigenvalue weighted by Gasteiger charge is 2.32. The van der Waals surface area contributed by atoms with E-state index in [9.17, 15) is 9.90 Å². The summed E-state index contributed by atoms with van der Waals surface area (Å²) >= 11 is 0. The molecule has 0 atom stereocenters. The van der Waals surface area contributed by atoms with E-state index in [2.05, 4.69) is 4.90 Å². The third-order valence-corrected chi connectivity index (χ3v) is 5.72. The Balaban J connectivity index is 1.67. The number of para-hydroxylation sites is 1. The lowest BCUT2D eigenvalue weighted by Gasteiger charge is -2.21. The number of likely N-dealkylation sites (tertiary alicyclic amines) is 1. The summed E-state index contributed by atoms with van der Waals surface area (Å²) in [6, 6.07) is 8.68. The smallest absolute Gasteiger partial charge is 0.231 e. The van der Waals surface area contributed by atoms with Gasteiger partial charge in [0, 0.05) is 12.1 Å². The second-order valence-corrected chi connectivity index (χ2v) is 7.65. The average Bonchev–Trinajstić information content (AvgIpc) is 2.92. The minimum atomic E-state index is -0.202. The molecule has 158 valence electrons. The van der Waals surface area contributed by atoms with Crippen molar-refractivity contribution in [2.24, 2.45) is 0 Å². The highest BCUT2D eigenvalue weighted by atomic mass is 16.5. The molecule has 4 rings (SSSR count). The first-order valence-corrected chi connectivity index (χ1v) is 10.3. The number of ether oxygens (including phenoxy) is 3. The number of benzene rings is 2. The van der Waals surface area contributed by atoms with E-state index in [1.165, 1.54) is 12.8 Å². The minimum absolute atomic E-state index is 0.158. The molecule has 0 unspecified atom stereocenters. The van der Waals surface area contributed by atoms with E-state index in [1.807, 2.05) is 12.1 Å². The Hall–Kier alpha value is -2.99. The molecule has 0 aromatic heterocycles. The van der Waals surface area contributed by atoms with Crippen molar-refractivity contribution in [1.29, 1.82) is 0 Å². The predicted octanol–water partition coefficient (Wildman–Crippen LogP) is 4.40. The van der Waals surface area contributed by atoms with Crippen LogP contribution in [0.25, 0.3) is 6.08 Å². The fourth-order valence-electron chi connectivity index (χ4n) is 4.13. The number of methoxy groups -OCH3 is 2. The van der Waals surface area contributed by atoms with Gasteiger partial charge in [0.15, 0.2) is 17.3 Å². The van der Waals surface area contributed by atoms with Crippen LogP contribution in [0.4, 0.5) is 0 Å². The van der Waals surface area contributed by atoms with E-state index >= 15 is 0 Å². The van der Waals surface area contributed by atoms with Gasteiger partial charge in [-0.15, -0.1) is 0 Å². The molecule has 6 heteroatoms. The number of aromatic hydroxyl groups is 1. The zero-order chi connectivity index (χ0) is 21.1. The summed E-state index contributed by atoms with van der Waals surface area (Å²) in [6.45, 7) is 2.54. The predicted molar refractivity (Wildman–Crippen MR) is 114 cm³/mol. The Morgan fingerprint density at radius 1 is 1.07 bits per heavy atom. The SMILES string of the molecule is COc1cccc(/C=C2/Oc3c(ccc(O)c3CN3CCCCCC3)C2=O)c1OC. The van der Waals surface area contributed by atoms with E-state index in [0.29, 0.717) is 40.5 Å². The summed E-state index contributed by atoms with van der Waals surface area (Å²) in [5, 5.41) is 10.5. The number of carbonyl (C=O) groups excluding carboxylic acids is 1. The summed E-state index contributed by atoms with van der Waals surface area (Å²) in [7, 11) is 3.13. The standard InChI is InChI=1S/C24H27NO5/c1-28-20-9-7-8-16(23(20)29-2)14-21-22(27)17-10-11-19(26)18(24(17)30-21)15-25-12-5-3-4-6-13-25/h7-11,14,26H,3-6,12-13,15H2,1-2H3/b21-14+. The largest absolute Gasteiger partial charge is 0.507 e. The van der Waals surface area contributed by atoms with E-state index in [4.69, 9.17) is 14.2 Å². The first-order chi connectivity index (χ1) is 14.6. The molecular weight excluding hydrogens is 382 g/mol. The highest BCUT2D eigenvalue weighted by molar-refractivity contribution is 6.15. The number of phenols is 1. The van der Waals surface area contributed by atoms with Crippen LogP contribution in [0.5, 0.6) is 23.0 Å². The van der Waals surface area contributed by atoms with Crippen molar-refractivity contribution >= 4 is 11.9 Å². The fraction of sp³-hybridized carbons (Fsp3) is 0.375. The van der Waals surface area contributed by atoms with Crippen LogP contribution in [-0.2, 0) is 6.54 Å². The van der Waals surface area contributed by atoms with Crippen molar-refractivity contribution < 1.29 is 24.1 Å². The number of fused-ring (bicyclic) bond motifs is 1. The third kappa shape index (κ3) is 3.87. The quantitative estimate of drug-likeness (QED) is 0.738. The van der Waals surface area contributed by atoms with Gasteiger partial charge >= 0.3 is 0 Å². The van der Waals surface area contributed by atoms with Gasteiger partial charge in [-0.2, -0.15) is 0 Å². The first-order valence-electron chi connectivity index (χ1n) is 10.3. The molecule has 0 amide bonds. The van der Waals surface area contributed by atoms with Crippen molar-refractivity contribution in [2.75, 3.05) is 27.3 Å². The van der Waals surface area contributed by atoms with Crippen molar-refractivity contribution in [1.82, 2.24) is 4.90 Å². The lowest BCUT2D eigenvalue weighted by atomic mass is 10.0. The fourth-order valence-corrected chi connectivity index (χ4v) is 4.13. The van der Waals surface area contributed by atoms with Crippen LogP contribution in [-0.4, -0.2) is 43.1 Å². The van der Waals surface area contributed by atoms with Crippen LogP contribution in [0.2, 0.25) is 0 Å². The number of nitrogens with zero attached hydrogens (tertiary/aromatic N) is 1. The normalized spacial score (nSPS) is 18.1. The van der Waals surface area contributed by atoms with E-state index in [1.54, 1.807) is 38.5 Å². The molecule has 0 saturated carbocycles. The number of ketones is 1. The second kappa shape index (κ2) is 8.79. The van der Waals surface area contributed by atoms with Gasteiger partial charge < -0.3 is 19.3 Å². The summed E-state index contributed by atoms with van der Waals surface area (Å²) < 4.78 is 16.8. The molecule has 6 nitrogen and oxygen atoms in total. The molecule has 2 aliphatic heterocycles. The maximum absolute atomic E-state index is 13.0. The summed E-state index contributed by atoms with van der Waals surface area (Å²) in [5.41, 5.74) is 1.83. The molecule has 1 N–H and O–H groups in total. The van der Waals surface area contributed by atoms with Crippen LogP contribution >= 0.6 is 0 Å². The maximum atomic E-state index is 13.0. The molecule has 2 heterocycles. The Kier molecular flexibility index (Phi) is 5.95. The minimum Gasteiger partial charge on any atom is -0.507 e. The zero-order valence-electron chi connectivity index (χ0n) is 17.4. The van der Waals surface area contributed by atoms with Gasteiger partial charge in [0.05, 0.1) is 25.3 Å². The van der Waals surface area contributed by atoms with Gasteiger partial charge in [0.25, 0.3) is 0 Å². The molecule has 30 heavy (non-hydrogen) atoms. The lowest BCUT2D eigenvalue weighted by molar-refractivity contribution is 0.101. The molecule has 2 aliphatic rings. The lowest BCUT2D eigenvalue weighted by Crippen LogP contribution is -2.24. The molecule has 2 aromatic rings. The van der Waals surface area contributed by atoms with Crippen LogP contribution in [0.15, 0.2) is 36.1 Å². The Morgan fingerprint density at radius 2 is 1.83 bits per heavy atom. The van der Waals surface area contributed by atoms with Gasteiger partial charge in [0.2, 0.25) is 5.78 Å². The number of hydrogen-bond donors (Lipinski definition) is 1. The van der Waals surface area contributed by atoms with E-state index < -0.39 is 0 Å². The van der Waals surface area contributed by atoms with Gasteiger partial charge in [0.1, 0.15) is 11.5 Å². The molecular formula is C24H27NO5. The van der Waals surface area contributed by atoms with Crippen LogP contribution in [0.1, 0.15) is 47.2 Å². The Bertz CT molecular complexity index is 974. The number of allylic oxidation sites excluding steroid dienone is 1. The number of rotatable bonds is 5. The van der Waals surface area contributed by atoms with Crippen molar-refractivity contribution in [3.05, 3.63) is 52.8 Å². The molecule has 0 bridgehead atoms. The summed E-state index contributed by atoms with van der Waals surface area (Å²) in [5.74, 6) is 1.73. The second-order valence-electron chi connectivity index (χ2n) is 7.65. The van der Waals surface area contributed by atoms with Crippen LogP contribution < -0.4 is 14.2 Å². The van der Waals surface area contributed by atoms with Crippen LogP contribution in [0.3, 0.4) is 0 Å². The topological polar surface area (TPSA) is 68.2 Å². The zero-order valence-corrected chi connectivity index (χ0v) is 17.4. The van der Waals surface area contributed by atoms with Gasteiger partial charge in [-0.05, 0) is 50.2 Å². The number of hydrogen-bond acceptors (Lipinski definition) is 6. The average molecular weight is 409 g/mol. The summed E-state index contributed by atoms with van der Waals surface area (Å²) in [4.78, 5) is 15.3. The molecule has 0 aliphatic carbocycles. The summed E-state index contributed by atoms with van der Waals surface area (Å²) in [6.07, 6.45) is 6.43. The van der Waals surface area contributed by atoms with Crippen molar-refractivity contribution in [3.8, 4) is 23.0 Å². The van der Waals surface area contributed by atoms with Gasteiger partial charge in [-0.3, -0.25) is 9.69 Å². The molecule has 1 saturated heterocycles. The molecule has 2 aromatic carbocycles. The number of Topliss-reactive ketones (excluding diaryl/α,β-unsaturated/α-hetero) is 1. The monoisotopic (exact) mass is 409 g/mol. The molecule has 0 spiro atoms. The van der Waals surface area contributed by atoms with E-state index in [-0.39, 0.29) is 17.3 Å². The van der Waals surface area contributed by atoms with Crippen molar-refractivity contribution in [2.45, 2.75) is 32.2 Å². The Labute approximate surface area is 176 Å². The van der Waals surface area contributed by atoms with Gasteiger partial charge in [-0.25, -0.2) is 0 Å². The highest BCUT2D eigenvalue weighted by Crippen LogP contribution is 2.41.